The van der Waals surface area contributed by atoms with Crippen molar-refractivity contribution in [1.82, 2.24) is 0 Å². The lowest BCUT2D eigenvalue weighted by Crippen LogP contribution is -2.24. The van der Waals surface area contributed by atoms with Gasteiger partial charge in [-0.05, 0) is 36.8 Å². The van der Waals surface area contributed by atoms with Crippen LogP contribution in [0.4, 0.5) is 11.4 Å². The quantitative estimate of drug-likeness (QED) is 0.875. The molecule has 0 aromatic heterocycles. The van der Waals surface area contributed by atoms with Crippen molar-refractivity contribution < 1.29 is 14.3 Å². The standard InChI is InChI=1S/C20H24N2O3/c1-15(14-24-2)25-17-9-7-16(8-10-17)13-22-12-11-20(23)21-18-5-3-4-6-19(18)22/h3-10,15H,11-14H2,1-2H3,(H,21,23). The third kappa shape index (κ3) is 4.51. The number of rotatable bonds is 6. The molecule has 0 spiro atoms. The van der Waals surface area contributed by atoms with Crippen molar-refractivity contribution in [2.45, 2.75) is 26.0 Å². The second kappa shape index (κ2) is 8.03. The van der Waals surface area contributed by atoms with Gasteiger partial charge in [0, 0.05) is 26.6 Å². The van der Waals surface area contributed by atoms with Gasteiger partial charge in [0.2, 0.25) is 5.91 Å². The fourth-order valence-electron chi connectivity index (χ4n) is 2.98. The fraction of sp³-hybridized carbons (Fsp3) is 0.350. The number of benzene rings is 2. The van der Waals surface area contributed by atoms with E-state index < -0.39 is 0 Å². The Morgan fingerprint density at radius 1 is 1.16 bits per heavy atom. The van der Waals surface area contributed by atoms with Gasteiger partial charge in [0.15, 0.2) is 0 Å². The maximum Gasteiger partial charge on any atom is 0.226 e. The molecular formula is C20H24N2O3. The van der Waals surface area contributed by atoms with Crippen LogP contribution in [-0.2, 0) is 16.1 Å². The first-order valence-electron chi connectivity index (χ1n) is 8.54. The van der Waals surface area contributed by atoms with Gasteiger partial charge in [0.25, 0.3) is 0 Å². The van der Waals surface area contributed by atoms with Crippen molar-refractivity contribution >= 4 is 17.3 Å². The molecule has 2 aromatic carbocycles. The van der Waals surface area contributed by atoms with Crippen LogP contribution in [0, 0.1) is 0 Å². The molecule has 1 N–H and O–H groups in total. The molecule has 1 aliphatic rings. The monoisotopic (exact) mass is 340 g/mol. The first kappa shape index (κ1) is 17.3. The van der Waals surface area contributed by atoms with Crippen LogP contribution in [0.3, 0.4) is 0 Å². The molecule has 5 nitrogen and oxygen atoms in total. The molecule has 0 fully saturated rings. The molecule has 2 aromatic rings. The predicted molar refractivity (Wildman–Crippen MR) is 99.1 cm³/mol. The van der Waals surface area contributed by atoms with Gasteiger partial charge in [0.05, 0.1) is 18.0 Å². The summed E-state index contributed by atoms with van der Waals surface area (Å²) >= 11 is 0. The highest BCUT2D eigenvalue weighted by Crippen LogP contribution is 2.29. The number of nitrogens with one attached hydrogen (secondary N) is 1. The molecule has 0 bridgehead atoms. The minimum atomic E-state index is 0.0189. The average Bonchev–Trinajstić information content (AvgIpc) is 2.76. The third-order valence-electron chi connectivity index (χ3n) is 4.16. The smallest absolute Gasteiger partial charge is 0.226 e. The Hall–Kier alpha value is -2.53. The highest BCUT2D eigenvalue weighted by molar-refractivity contribution is 5.96. The normalized spacial score (nSPS) is 15.1. The number of ether oxygens (including phenoxy) is 2. The van der Waals surface area contributed by atoms with Crippen LogP contribution < -0.4 is 15.0 Å². The number of anilines is 2. The predicted octanol–water partition coefficient (Wildman–Crippen LogP) is 3.45. The van der Waals surface area contributed by atoms with Crippen molar-refractivity contribution in [2.75, 3.05) is 30.5 Å². The first-order valence-corrected chi connectivity index (χ1v) is 8.54. The van der Waals surface area contributed by atoms with Gasteiger partial charge in [-0.3, -0.25) is 4.79 Å². The maximum absolute atomic E-state index is 11.9. The van der Waals surface area contributed by atoms with Crippen LogP contribution in [-0.4, -0.2) is 32.3 Å². The van der Waals surface area contributed by atoms with Crippen molar-refractivity contribution in [3.63, 3.8) is 0 Å². The molecule has 1 atom stereocenters. The number of carbonyl (C=O) groups is 1. The Morgan fingerprint density at radius 3 is 2.68 bits per heavy atom. The molecule has 0 radical (unpaired) electrons. The molecule has 1 amide bonds. The molecule has 25 heavy (non-hydrogen) atoms. The fourth-order valence-corrected chi connectivity index (χ4v) is 2.98. The SMILES string of the molecule is COCC(C)Oc1ccc(CN2CCC(=O)Nc3ccccc32)cc1. The molecule has 0 aliphatic carbocycles. The topological polar surface area (TPSA) is 50.8 Å². The lowest BCUT2D eigenvalue weighted by atomic mass is 10.1. The van der Waals surface area contributed by atoms with E-state index in [1.54, 1.807) is 7.11 Å². The molecule has 1 heterocycles. The molecule has 1 unspecified atom stereocenters. The number of nitrogens with zero attached hydrogens (tertiary/aromatic N) is 1. The summed E-state index contributed by atoms with van der Waals surface area (Å²) < 4.78 is 10.9. The Kier molecular flexibility index (Phi) is 5.56. The number of methoxy groups -OCH3 is 1. The van der Waals surface area contributed by atoms with E-state index in [9.17, 15) is 4.79 Å². The number of hydrogen-bond acceptors (Lipinski definition) is 4. The molecule has 132 valence electrons. The number of amides is 1. The lowest BCUT2D eigenvalue weighted by molar-refractivity contribution is -0.115. The second-order valence-electron chi connectivity index (χ2n) is 6.26. The molecule has 5 heteroatoms. The van der Waals surface area contributed by atoms with Gasteiger partial charge >= 0.3 is 0 Å². The van der Waals surface area contributed by atoms with E-state index in [1.807, 2.05) is 43.3 Å². The van der Waals surface area contributed by atoms with E-state index in [0.717, 1.165) is 23.7 Å². The zero-order valence-corrected chi connectivity index (χ0v) is 14.7. The van der Waals surface area contributed by atoms with Crippen molar-refractivity contribution in [1.29, 1.82) is 0 Å². The van der Waals surface area contributed by atoms with Gasteiger partial charge < -0.3 is 19.7 Å². The highest BCUT2D eigenvalue weighted by atomic mass is 16.5. The van der Waals surface area contributed by atoms with Gasteiger partial charge in [-0.1, -0.05) is 24.3 Å². The minimum absolute atomic E-state index is 0.0189. The first-order chi connectivity index (χ1) is 12.2. The third-order valence-corrected chi connectivity index (χ3v) is 4.16. The Balaban J connectivity index is 1.71. The zero-order valence-electron chi connectivity index (χ0n) is 14.7. The van der Waals surface area contributed by atoms with Crippen LogP contribution in [0.25, 0.3) is 0 Å². The molecule has 1 aliphatic heterocycles. The number of carbonyl (C=O) groups excluding carboxylic acids is 1. The van der Waals surface area contributed by atoms with Gasteiger partial charge in [-0.2, -0.15) is 0 Å². The average molecular weight is 340 g/mol. The summed E-state index contributed by atoms with van der Waals surface area (Å²) in [6.07, 6.45) is 0.509. The van der Waals surface area contributed by atoms with E-state index in [2.05, 4.69) is 22.3 Å². The van der Waals surface area contributed by atoms with Crippen LogP contribution in [0.15, 0.2) is 48.5 Å². The van der Waals surface area contributed by atoms with Crippen LogP contribution in [0.1, 0.15) is 18.9 Å². The van der Waals surface area contributed by atoms with Gasteiger partial charge in [-0.25, -0.2) is 0 Å². The van der Waals surface area contributed by atoms with Crippen LogP contribution in [0.5, 0.6) is 5.75 Å². The minimum Gasteiger partial charge on any atom is -0.488 e. The summed E-state index contributed by atoms with van der Waals surface area (Å²) in [5, 5.41) is 2.97. The molecule has 0 saturated carbocycles. The zero-order chi connectivity index (χ0) is 17.6. The molecule has 3 rings (SSSR count). The summed E-state index contributed by atoms with van der Waals surface area (Å²) in [6, 6.07) is 16.0. The molecule has 0 saturated heterocycles. The molecular weight excluding hydrogens is 316 g/mol. The van der Waals surface area contributed by atoms with Gasteiger partial charge in [0.1, 0.15) is 11.9 Å². The van der Waals surface area contributed by atoms with Crippen LogP contribution in [0.2, 0.25) is 0 Å². The summed E-state index contributed by atoms with van der Waals surface area (Å²) in [5.41, 5.74) is 3.11. The number of hydrogen-bond donors (Lipinski definition) is 1. The maximum atomic E-state index is 11.9. The van der Waals surface area contributed by atoms with Crippen LogP contribution >= 0.6 is 0 Å². The number of fused-ring (bicyclic) bond motifs is 1. The highest BCUT2D eigenvalue weighted by Gasteiger charge is 2.18. The largest absolute Gasteiger partial charge is 0.488 e. The summed E-state index contributed by atoms with van der Waals surface area (Å²) in [4.78, 5) is 14.1. The van der Waals surface area contributed by atoms with Crippen molar-refractivity contribution in [2.24, 2.45) is 0 Å². The van der Waals surface area contributed by atoms with E-state index in [-0.39, 0.29) is 12.0 Å². The number of para-hydroxylation sites is 2. The summed E-state index contributed by atoms with van der Waals surface area (Å²) in [6.45, 7) is 3.99. The Labute approximate surface area is 148 Å². The van der Waals surface area contributed by atoms with E-state index in [0.29, 0.717) is 19.6 Å². The van der Waals surface area contributed by atoms with E-state index in [4.69, 9.17) is 9.47 Å². The van der Waals surface area contributed by atoms with E-state index >= 15 is 0 Å². The summed E-state index contributed by atoms with van der Waals surface area (Å²) in [5.74, 6) is 0.896. The summed E-state index contributed by atoms with van der Waals surface area (Å²) in [7, 11) is 1.67. The van der Waals surface area contributed by atoms with Crippen molar-refractivity contribution in [3.8, 4) is 5.75 Å². The Morgan fingerprint density at radius 2 is 1.92 bits per heavy atom. The van der Waals surface area contributed by atoms with Crippen molar-refractivity contribution in [3.05, 3.63) is 54.1 Å². The second-order valence-corrected chi connectivity index (χ2v) is 6.26. The van der Waals surface area contributed by atoms with Gasteiger partial charge in [-0.15, -0.1) is 0 Å². The Bertz CT molecular complexity index is 715. The van der Waals surface area contributed by atoms with E-state index in [1.165, 1.54) is 5.56 Å². The lowest BCUT2D eigenvalue weighted by Gasteiger charge is -2.24.